The van der Waals surface area contributed by atoms with Gasteiger partial charge >= 0.3 is 0 Å². The first-order chi connectivity index (χ1) is 9.06. The van der Waals surface area contributed by atoms with E-state index in [0.29, 0.717) is 19.5 Å². The molecule has 1 unspecified atom stereocenters. The Labute approximate surface area is 116 Å². The van der Waals surface area contributed by atoms with E-state index in [4.69, 9.17) is 10.5 Å². The van der Waals surface area contributed by atoms with Crippen LogP contribution in [-0.4, -0.2) is 49.9 Å². The molecule has 0 bridgehead atoms. The lowest BCUT2D eigenvalue weighted by Gasteiger charge is -2.20. The number of rotatable bonds is 8. The third-order valence-corrected chi connectivity index (χ3v) is 3.22. The zero-order chi connectivity index (χ0) is 14.3. The maximum absolute atomic E-state index is 9.72. The molecule has 0 saturated heterocycles. The van der Waals surface area contributed by atoms with Gasteiger partial charge in [-0.25, -0.2) is 0 Å². The van der Waals surface area contributed by atoms with Crippen molar-refractivity contribution in [3.05, 3.63) is 29.3 Å². The Bertz CT molecular complexity index is 382. The number of hydrogen-bond acceptors (Lipinski definition) is 4. The molecule has 4 nitrogen and oxygen atoms in total. The first kappa shape index (κ1) is 16.0. The van der Waals surface area contributed by atoms with Crippen LogP contribution in [0.1, 0.15) is 17.5 Å². The summed E-state index contributed by atoms with van der Waals surface area (Å²) in [6.07, 6.45) is 1.23. The Hall–Kier alpha value is -1.10. The van der Waals surface area contributed by atoms with E-state index in [0.717, 1.165) is 18.7 Å². The van der Waals surface area contributed by atoms with E-state index in [2.05, 4.69) is 24.0 Å². The lowest BCUT2D eigenvalue weighted by molar-refractivity contribution is 0.120. The molecule has 3 N–H and O–H groups in total. The van der Waals surface area contributed by atoms with Crippen LogP contribution in [0.15, 0.2) is 18.2 Å². The molecule has 0 spiro atoms. The number of benzene rings is 1. The van der Waals surface area contributed by atoms with Crippen LogP contribution in [0.2, 0.25) is 0 Å². The molecule has 19 heavy (non-hydrogen) atoms. The van der Waals surface area contributed by atoms with Crippen molar-refractivity contribution in [2.24, 2.45) is 5.73 Å². The largest absolute Gasteiger partial charge is 0.496 e. The summed E-state index contributed by atoms with van der Waals surface area (Å²) in [7, 11) is 3.71. The summed E-state index contributed by atoms with van der Waals surface area (Å²) in [5.41, 5.74) is 7.88. The minimum atomic E-state index is -0.339. The van der Waals surface area contributed by atoms with Gasteiger partial charge in [-0.3, -0.25) is 0 Å². The fraction of sp³-hybridized carbons (Fsp3) is 0.600. The van der Waals surface area contributed by atoms with Gasteiger partial charge in [-0.1, -0.05) is 17.7 Å². The van der Waals surface area contributed by atoms with Crippen molar-refractivity contribution in [3.63, 3.8) is 0 Å². The highest BCUT2D eigenvalue weighted by molar-refractivity contribution is 5.37. The minimum absolute atomic E-state index is 0.339. The molecule has 0 aliphatic carbocycles. The third-order valence-electron chi connectivity index (χ3n) is 3.22. The maximum atomic E-state index is 9.72. The normalized spacial score (nSPS) is 12.7. The number of methoxy groups -OCH3 is 1. The fourth-order valence-corrected chi connectivity index (χ4v) is 2.15. The lowest BCUT2D eigenvalue weighted by atomic mass is 10.1. The average Bonchev–Trinajstić information content (AvgIpc) is 2.36. The number of aryl methyl sites for hydroxylation is 1. The Morgan fingerprint density at radius 3 is 2.79 bits per heavy atom. The molecule has 1 aromatic rings. The van der Waals surface area contributed by atoms with Crippen molar-refractivity contribution in [2.45, 2.75) is 25.9 Å². The van der Waals surface area contributed by atoms with Gasteiger partial charge in [0.2, 0.25) is 0 Å². The number of aliphatic hydroxyl groups excluding tert-OH is 1. The molecule has 0 heterocycles. The number of aliphatic hydroxyl groups is 1. The number of likely N-dealkylation sites (N-methyl/N-ethyl adjacent to an activating group) is 1. The van der Waals surface area contributed by atoms with Crippen molar-refractivity contribution in [3.8, 4) is 5.75 Å². The molecular weight excluding hydrogens is 240 g/mol. The first-order valence-electron chi connectivity index (χ1n) is 6.77. The van der Waals surface area contributed by atoms with Crippen LogP contribution in [0.4, 0.5) is 0 Å². The number of ether oxygens (including phenoxy) is 1. The second kappa shape index (κ2) is 8.15. The summed E-state index contributed by atoms with van der Waals surface area (Å²) in [6.45, 7) is 4.16. The van der Waals surface area contributed by atoms with Crippen molar-refractivity contribution in [1.29, 1.82) is 0 Å². The van der Waals surface area contributed by atoms with Gasteiger partial charge in [0.1, 0.15) is 5.75 Å². The molecular formula is C15H26N2O2. The minimum Gasteiger partial charge on any atom is -0.496 e. The van der Waals surface area contributed by atoms with Crippen LogP contribution in [0.5, 0.6) is 5.75 Å². The summed E-state index contributed by atoms with van der Waals surface area (Å²) in [6, 6.07) is 6.22. The Morgan fingerprint density at radius 1 is 1.42 bits per heavy atom. The summed E-state index contributed by atoms with van der Waals surface area (Å²) in [5.74, 6) is 0.932. The topological polar surface area (TPSA) is 58.7 Å². The van der Waals surface area contributed by atoms with Gasteiger partial charge in [0.05, 0.1) is 13.2 Å². The Balaban J connectivity index is 2.49. The lowest BCUT2D eigenvalue weighted by Crippen LogP contribution is -2.32. The van der Waals surface area contributed by atoms with Crippen LogP contribution in [-0.2, 0) is 6.42 Å². The number of nitrogens with two attached hydrogens (primary N) is 1. The van der Waals surface area contributed by atoms with E-state index in [9.17, 15) is 5.11 Å². The summed E-state index contributed by atoms with van der Waals surface area (Å²) < 4.78 is 5.37. The zero-order valence-electron chi connectivity index (χ0n) is 12.2. The molecule has 0 saturated carbocycles. The van der Waals surface area contributed by atoms with Crippen molar-refractivity contribution >= 4 is 0 Å². The highest BCUT2D eigenvalue weighted by atomic mass is 16.5. The number of hydrogen-bond donors (Lipinski definition) is 2. The molecule has 1 rings (SSSR count). The monoisotopic (exact) mass is 266 g/mol. The van der Waals surface area contributed by atoms with E-state index < -0.39 is 0 Å². The summed E-state index contributed by atoms with van der Waals surface area (Å²) >= 11 is 0. The van der Waals surface area contributed by atoms with Gasteiger partial charge in [0.15, 0.2) is 0 Å². The molecule has 0 aliphatic heterocycles. The van der Waals surface area contributed by atoms with E-state index in [1.807, 2.05) is 13.1 Å². The smallest absolute Gasteiger partial charge is 0.122 e. The Morgan fingerprint density at radius 2 is 2.16 bits per heavy atom. The quantitative estimate of drug-likeness (QED) is 0.742. The first-order valence-corrected chi connectivity index (χ1v) is 6.77. The predicted octanol–water partition coefficient (Wildman–Crippen LogP) is 1.19. The average molecular weight is 266 g/mol. The molecule has 0 aliphatic rings. The SMILES string of the molecule is COc1ccc(C)cc1CCN(C)CC(O)CCN. The van der Waals surface area contributed by atoms with E-state index in [1.54, 1.807) is 7.11 Å². The molecule has 1 atom stereocenters. The van der Waals surface area contributed by atoms with Crippen molar-refractivity contribution in [1.82, 2.24) is 4.90 Å². The van der Waals surface area contributed by atoms with Crippen LogP contribution < -0.4 is 10.5 Å². The molecule has 1 aromatic carbocycles. The summed E-state index contributed by atoms with van der Waals surface area (Å²) in [4.78, 5) is 2.13. The van der Waals surface area contributed by atoms with Gasteiger partial charge in [-0.2, -0.15) is 0 Å². The van der Waals surface area contributed by atoms with Crippen molar-refractivity contribution in [2.75, 3.05) is 33.8 Å². The van der Waals surface area contributed by atoms with Gasteiger partial charge in [-0.15, -0.1) is 0 Å². The number of nitrogens with zero attached hydrogens (tertiary/aromatic N) is 1. The fourth-order valence-electron chi connectivity index (χ4n) is 2.15. The van der Waals surface area contributed by atoms with E-state index in [-0.39, 0.29) is 6.10 Å². The van der Waals surface area contributed by atoms with Crippen LogP contribution in [0.3, 0.4) is 0 Å². The standard InChI is InChI=1S/C15H26N2O2/c1-12-4-5-15(19-3)13(10-12)7-9-17(2)11-14(18)6-8-16/h4-5,10,14,18H,6-9,11,16H2,1-3H3. The van der Waals surface area contributed by atoms with Crippen LogP contribution in [0, 0.1) is 6.92 Å². The van der Waals surface area contributed by atoms with E-state index >= 15 is 0 Å². The highest BCUT2D eigenvalue weighted by Crippen LogP contribution is 2.20. The van der Waals surface area contributed by atoms with Gasteiger partial charge < -0.3 is 20.5 Å². The van der Waals surface area contributed by atoms with Gasteiger partial charge in [-0.05, 0) is 45.0 Å². The molecule has 0 radical (unpaired) electrons. The van der Waals surface area contributed by atoms with Crippen molar-refractivity contribution < 1.29 is 9.84 Å². The third kappa shape index (κ3) is 5.59. The summed E-state index contributed by atoms with van der Waals surface area (Å²) in [5, 5.41) is 9.72. The highest BCUT2D eigenvalue weighted by Gasteiger charge is 2.09. The second-order valence-corrected chi connectivity index (χ2v) is 5.06. The maximum Gasteiger partial charge on any atom is 0.122 e. The zero-order valence-corrected chi connectivity index (χ0v) is 12.2. The van der Waals surface area contributed by atoms with Gasteiger partial charge in [0.25, 0.3) is 0 Å². The van der Waals surface area contributed by atoms with E-state index in [1.165, 1.54) is 11.1 Å². The Kier molecular flexibility index (Phi) is 6.84. The van der Waals surface area contributed by atoms with Gasteiger partial charge in [0, 0.05) is 13.1 Å². The predicted molar refractivity (Wildman–Crippen MR) is 78.6 cm³/mol. The van der Waals surface area contributed by atoms with Crippen LogP contribution >= 0.6 is 0 Å². The molecule has 0 amide bonds. The molecule has 108 valence electrons. The second-order valence-electron chi connectivity index (χ2n) is 5.06. The molecule has 4 heteroatoms. The molecule has 0 aromatic heterocycles. The van der Waals surface area contributed by atoms with Crippen LogP contribution in [0.25, 0.3) is 0 Å². The molecule has 0 fully saturated rings.